The number of nitrogens with zero attached hydrogens (tertiary/aromatic N) is 5. The number of halogens is 1. The van der Waals surface area contributed by atoms with E-state index in [1.807, 2.05) is 31.7 Å². The van der Waals surface area contributed by atoms with Crippen LogP contribution in [0.2, 0.25) is 5.15 Å². The Balaban J connectivity index is 2.47. The highest BCUT2D eigenvalue weighted by Gasteiger charge is 2.28. The van der Waals surface area contributed by atoms with Gasteiger partial charge in [-0.2, -0.15) is 5.10 Å². The number of aromatic nitrogens is 5. The fourth-order valence-corrected chi connectivity index (χ4v) is 1.69. The lowest BCUT2D eigenvalue weighted by Crippen LogP contribution is -2.31. The molecule has 0 unspecified atom stereocenters. The molecule has 0 aliphatic heterocycles. The summed E-state index contributed by atoms with van der Waals surface area (Å²) in [5.74, 6) is 0.835. The van der Waals surface area contributed by atoms with Crippen molar-refractivity contribution in [3.63, 3.8) is 0 Å². The van der Waals surface area contributed by atoms with Gasteiger partial charge in [0.25, 0.3) is 0 Å². The zero-order valence-corrected chi connectivity index (χ0v) is 9.60. The van der Waals surface area contributed by atoms with Gasteiger partial charge in [-0.15, -0.1) is 10.2 Å². The molecule has 0 aliphatic carbocycles. The maximum Gasteiger partial charge on any atom is 0.160 e. The van der Waals surface area contributed by atoms with Crippen LogP contribution in [0.3, 0.4) is 0 Å². The number of hydrogen-bond acceptors (Lipinski definition) is 3. The van der Waals surface area contributed by atoms with Crippen LogP contribution in [0.4, 0.5) is 0 Å². The lowest BCUT2D eigenvalue weighted by molar-refractivity contribution is 0.358. The second-order valence-corrected chi connectivity index (χ2v) is 4.29. The average molecular weight is 226 g/mol. The summed E-state index contributed by atoms with van der Waals surface area (Å²) >= 11 is 5.79. The Labute approximate surface area is 92.7 Å². The van der Waals surface area contributed by atoms with Crippen molar-refractivity contribution in [2.24, 2.45) is 7.05 Å². The Morgan fingerprint density at radius 2 is 2.13 bits per heavy atom. The predicted molar refractivity (Wildman–Crippen MR) is 56.7 cm³/mol. The first-order chi connectivity index (χ1) is 7.01. The van der Waals surface area contributed by atoms with Gasteiger partial charge < -0.3 is 4.57 Å². The molecule has 0 aromatic carbocycles. The molecule has 0 saturated heterocycles. The average Bonchev–Trinajstić information content (AvgIpc) is 2.74. The zero-order valence-electron chi connectivity index (χ0n) is 8.85. The van der Waals surface area contributed by atoms with Crippen LogP contribution in [0.15, 0.2) is 18.6 Å². The largest absolute Gasteiger partial charge is 0.319 e. The van der Waals surface area contributed by atoms with E-state index in [1.165, 1.54) is 0 Å². The van der Waals surface area contributed by atoms with Crippen molar-refractivity contribution >= 4 is 11.6 Å². The van der Waals surface area contributed by atoms with Gasteiger partial charge in [-0.05, 0) is 19.9 Å². The number of aryl methyl sites for hydroxylation is 1. The van der Waals surface area contributed by atoms with E-state index in [4.69, 9.17) is 11.6 Å². The zero-order chi connectivity index (χ0) is 11.1. The summed E-state index contributed by atoms with van der Waals surface area (Å²) in [6.45, 7) is 4.03. The predicted octanol–water partition coefficient (Wildman–Crippen LogP) is 1.45. The molecule has 0 atom stereocenters. The van der Waals surface area contributed by atoms with Gasteiger partial charge in [0.15, 0.2) is 11.0 Å². The van der Waals surface area contributed by atoms with E-state index in [1.54, 1.807) is 17.1 Å². The fourth-order valence-electron chi connectivity index (χ4n) is 1.55. The Kier molecular flexibility index (Phi) is 2.26. The SMILES string of the molecule is Cn1cnnc1C(C)(C)n1ccc(Cl)n1. The topological polar surface area (TPSA) is 48.5 Å². The molecule has 0 N–H and O–H groups in total. The van der Waals surface area contributed by atoms with Gasteiger partial charge in [0.2, 0.25) is 0 Å². The van der Waals surface area contributed by atoms with Gasteiger partial charge in [-0.1, -0.05) is 11.6 Å². The highest BCUT2D eigenvalue weighted by molar-refractivity contribution is 6.29. The van der Waals surface area contributed by atoms with Gasteiger partial charge in [-0.3, -0.25) is 4.68 Å². The Bertz CT molecular complexity index is 470. The van der Waals surface area contributed by atoms with Crippen LogP contribution in [0.25, 0.3) is 0 Å². The summed E-state index contributed by atoms with van der Waals surface area (Å²) < 4.78 is 3.65. The highest BCUT2D eigenvalue weighted by atomic mass is 35.5. The first-order valence-electron chi connectivity index (χ1n) is 4.58. The normalized spacial score (nSPS) is 12.0. The third-order valence-electron chi connectivity index (χ3n) is 2.39. The second-order valence-electron chi connectivity index (χ2n) is 3.91. The van der Waals surface area contributed by atoms with Gasteiger partial charge >= 0.3 is 0 Å². The molecule has 2 rings (SSSR count). The Hall–Kier alpha value is -1.36. The molecule has 0 radical (unpaired) electrons. The lowest BCUT2D eigenvalue weighted by atomic mass is 10.1. The van der Waals surface area contributed by atoms with Crippen LogP contribution in [0.5, 0.6) is 0 Å². The molecular weight excluding hydrogens is 214 g/mol. The molecule has 80 valence electrons. The van der Waals surface area contributed by atoms with Crippen molar-refractivity contribution in [1.82, 2.24) is 24.5 Å². The van der Waals surface area contributed by atoms with Gasteiger partial charge in [0.05, 0.1) is 0 Å². The summed E-state index contributed by atoms with van der Waals surface area (Å²) in [5, 5.41) is 12.6. The van der Waals surface area contributed by atoms with Gasteiger partial charge in [0.1, 0.15) is 11.9 Å². The first-order valence-corrected chi connectivity index (χ1v) is 4.96. The Morgan fingerprint density at radius 1 is 1.40 bits per heavy atom. The van der Waals surface area contributed by atoms with E-state index in [9.17, 15) is 0 Å². The van der Waals surface area contributed by atoms with Gasteiger partial charge in [0, 0.05) is 13.2 Å². The van der Waals surface area contributed by atoms with Crippen LogP contribution in [0, 0.1) is 0 Å². The molecule has 0 saturated carbocycles. The smallest absolute Gasteiger partial charge is 0.160 e. The quantitative estimate of drug-likeness (QED) is 0.777. The maximum atomic E-state index is 5.79. The lowest BCUT2D eigenvalue weighted by Gasteiger charge is -2.23. The molecule has 2 heterocycles. The van der Waals surface area contributed by atoms with E-state index in [-0.39, 0.29) is 5.54 Å². The van der Waals surface area contributed by atoms with Crippen molar-refractivity contribution in [2.45, 2.75) is 19.4 Å². The van der Waals surface area contributed by atoms with E-state index in [2.05, 4.69) is 15.3 Å². The summed E-state index contributed by atoms with van der Waals surface area (Å²) in [6.07, 6.45) is 3.50. The monoisotopic (exact) mass is 225 g/mol. The number of rotatable bonds is 2. The van der Waals surface area contributed by atoms with Crippen LogP contribution in [0.1, 0.15) is 19.7 Å². The van der Waals surface area contributed by atoms with E-state index in [0.29, 0.717) is 5.15 Å². The van der Waals surface area contributed by atoms with E-state index < -0.39 is 0 Å². The summed E-state index contributed by atoms with van der Waals surface area (Å²) in [4.78, 5) is 0. The molecule has 0 aliphatic rings. The van der Waals surface area contributed by atoms with Crippen molar-refractivity contribution < 1.29 is 0 Å². The minimum Gasteiger partial charge on any atom is -0.319 e. The summed E-state index contributed by atoms with van der Waals surface area (Å²) in [5.41, 5.74) is -0.363. The minimum atomic E-state index is -0.363. The van der Waals surface area contributed by atoms with Crippen LogP contribution < -0.4 is 0 Å². The van der Waals surface area contributed by atoms with Crippen molar-refractivity contribution in [2.75, 3.05) is 0 Å². The summed E-state index contributed by atoms with van der Waals surface area (Å²) in [7, 11) is 1.90. The molecule has 15 heavy (non-hydrogen) atoms. The second kappa shape index (κ2) is 3.34. The number of hydrogen-bond donors (Lipinski definition) is 0. The van der Waals surface area contributed by atoms with Crippen LogP contribution in [-0.2, 0) is 12.6 Å². The third kappa shape index (κ3) is 1.63. The summed E-state index contributed by atoms with van der Waals surface area (Å²) in [6, 6.07) is 1.75. The molecule has 6 heteroatoms. The molecular formula is C9H12ClN5. The minimum absolute atomic E-state index is 0.363. The molecule has 2 aromatic heterocycles. The van der Waals surface area contributed by atoms with Crippen molar-refractivity contribution in [1.29, 1.82) is 0 Å². The highest BCUT2D eigenvalue weighted by Crippen LogP contribution is 2.22. The first kappa shape index (κ1) is 10.2. The van der Waals surface area contributed by atoms with Crippen LogP contribution in [-0.4, -0.2) is 24.5 Å². The standard InChI is InChI=1S/C9H12ClN5/c1-9(2,8-12-11-6-14(8)3)15-5-4-7(10)13-15/h4-6H,1-3H3. The molecule has 0 fully saturated rings. The molecule has 5 nitrogen and oxygen atoms in total. The van der Waals surface area contributed by atoms with Crippen molar-refractivity contribution in [3.8, 4) is 0 Å². The molecule has 0 spiro atoms. The maximum absolute atomic E-state index is 5.79. The molecule has 2 aromatic rings. The molecule has 0 amide bonds. The van der Waals surface area contributed by atoms with Crippen LogP contribution >= 0.6 is 11.6 Å². The molecule has 0 bridgehead atoms. The third-order valence-corrected chi connectivity index (χ3v) is 2.59. The van der Waals surface area contributed by atoms with Crippen molar-refractivity contribution in [3.05, 3.63) is 29.6 Å². The van der Waals surface area contributed by atoms with Gasteiger partial charge in [-0.25, -0.2) is 0 Å². The fraction of sp³-hybridized carbons (Fsp3) is 0.444. The Morgan fingerprint density at radius 3 is 2.60 bits per heavy atom. The van der Waals surface area contributed by atoms with E-state index in [0.717, 1.165) is 5.82 Å². The van der Waals surface area contributed by atoms with E-state index >= 15 is 0 Å².